The Morgan fingerprint density at radius 3 is 2.33 bits per heavy atom. The summed E-state index contributed by atoms with van der Waals surface area (Å²) in [5.41, 5.74) is 2.85. The maximum atomic E-state index is 12.3. The summed E-state index contributed by atoms with van der Waals surface area (Å²) in [5, 5.41) is 2.94. The van der Waals surface area contributed by atoms with Crippen LogP contribution in [-0.2, 0) is 13.0 Å². The molecule has 0 aliphatic carbocycles. The predicted octanol–water partition coefficient (Wildman–Crippen LogP) is 4.25. The summed E-state index contributed by atoms with van der Waals surface area (Å²) < 4.78 is 11.0. The zero-order valence-corrected chi connectivity index (χ0v) is 15.4. The van der Waals surface area contributed by atoms with Crippen molar-refractivity contribution in [3.05, 3.63) is 95.6 Å². The lowest BCUT2D eigenvalue weighted by molar-refractivity contribution is 0.0954. The molecule has 0 aromatic heterocycles. The van der Waals surface area contributed by atoms with E-state index >= 15 is 0 Å². The largest absolute Gasteiger partial charge is 0.497 e. The van der Waals surface area contributed by atoms with Crippen molar-refractivity contribution in [2.45, 2.75) is 13.0 Å². The van der Waals surface area contributed by atoms with E-state index in [1.165, 1.54) is 0 Å². The quantitative estimate of drug-likeness (QED) is 0.653. The molecule has 0 atom stereocenters. The van der Waals surface area contributed by atoms with Gasteiger partial charge in [-0.15, -0.1) is 0 Å². The Hall–Kier alpha value is -3.27. The molecule has 0 bridgehead atoms. The van der Waals surface area contributed by atoms with E-state index in [4.69, 9.17) is 9.47 Å². The topological polar surface area (TPSA) is 47.6 Å². The number of benzene rings is 3. The van der Waals surface area contributed by atoms with Gasteiger partial charge in [0.05, 0.1) is 7.11 Å². The zero-order chi connectivity index (χ0) is 18.9. The number of ether oxygens (including phenoxy) is 2. The molecule has 27 heavy (non-hydrogen) atoms. The van der Waals surface area contributed by atoms with Gasteiger partial charge in [0, 0.05) is 12.1 Å². The number of carbonyl (C=O) groups excluding carboxylic acids is 1. The van der Waals surface area contributed by atoms with Crippen molar-refractivity contribution >= 4 is 5.91 Å². The molecule has 0 heterocycles. The van der Waals surface area contributed by atoms with Crippen LogP contribution in [0.25, 0.3) is 0 Å². The van der Waals surface area contributed by atoms with Gasteiger partial charge in [0.1, 0.15) is 18.1 Å². The SMILES string of the molecule is COc1cccc(CCNC(=O)c2ccc(OCc3ccccc3)cc2)c1. The van der Waals surface area contributed by atoms with Gasteiger partial charge in [-0.2, -0.15) is 0 Å². The minimum absolute atomic E-state index is 0.0903. The molecule has 0 saturated heterocycles. The first-order chi connectivity index (χ1) is 13.2. The molecule has 3 aromatic rings. The zero-order valence-electron chi connectivity index (χ0n) is 15.4. The van der Waals surface area contributed by atoms with Crippen LogP contribution >= 0.6 is 0 Å². The van der Waals surface area contributed by atoms with Crippen LogP contribution in [0, 0.1) is 0 Å². The molecule has 1 amide bonds. The maximum Gasteiger partial charge on any atom is 0.251 e. The van der Waals surface area contributed by atoms with Gasteiger partial charge in [0.15, 0.2) is 0 Å². The summed E-state index contributed by atoms with van der Waals surface area (Å²) >= 11 is 0. The molecule has 3 aromatic carbocycles. The number of carbonyl (C=O) groups is 1. The normalized spacial score (nSPS) is 10.3. The third kappa shape index (κ3) is 5.61. The van der Waals surface area contributed by atoms with E-state index in [0.717, 1.165) is 29.0 Å². The molecule has 0 aliphatic heterocycles. The fraction of sp³-hybridized carbons (Fsp3) is 0.174. The first kappa shape index (κ1) is 18.5. The smallest absolute Gasteiger partial charge is 0.251 e. The van der Waals surface area contributed by atoms with Crippen molar-refractivity contribution in [1.29, 1.82) is 0 Å². The Balaban J connectivity index is 1.47. The number of methoxy groups -OCH3 is 1. The minimum Gasteiger partial charge on any atom is -0.497 e. The molecule has 4 nitrogen and oxygen atoms in total. The summed E-state index contributed by atoms with van der Waals surface area (Å²) in [6, 6.07) is 25.0. The van der Waals surface area contributed by atoms with Crippen molar-refractivity contribution in [3.63, 3.8) is 0 Å². The second-order valence-electron chi connectivity index (χ2n) is 6.16. The Kier molecular flexibility index (Phi) is 6.47. The van der Waals surface area contributed by atoms with E-state index in [2.05, 4.69) is 5.32 Å². The highest BCUT2D eigenvalue weighted by atomic mass is 16.5. The van der Waals surface area contributed by atoms with Crippen LogP contribution in [0.5, 0.6) is 11.5 Å². The fourth-order valence-electron chi connectivity index (χ4n) is 2.69. The number of nitrogens with one attached hydrogen (secondary N) is 1. The van der Waals surface area contributed by atoms with Gasteiger partial charge in [-0.3, -0.25) is 4.79 Å². The van der Waals surface area contributed by atoms with Gasteiger partial charge < -0.3 is 14.8 Å². The predicted molar refractivity (Wildman–Crippen MR) is 106 cm³/mol. The first-order valence-electron chi connectivity index (χ1n) is 8.92. The van der Waals surface area contributed by atoms with Gasteiger partial charge in [0.2, 0.25) is 0 Å². The number of hydrogen-bond donors (Lipinski definition) is 1. The molecule has 0 aliphatic rings. The highest BCUT2D eigenvalue weighted by molar-refractivity contribution is 5.94. The Morgan fingerprint density at radius 1 is 0.852 bits per heavy atom. The average molecular weight is 361 g/mol. The summed E-state index contributed by atoms with van der Waals surface area (Å²) in [7, 11) is 1.65. The summed E-state index contributed by atoms with van der Waals surface area (Å²) in [6.45, 7) is 1.07. The Morgan fingerprint density at radius 2 is 1.59 bits per heavy atom. The van der Waals surface area contributed by atoms with Gasteiger partial charge >= 0.3 is 0 Å². The van der Waals surface area contributed by atoms with E-state index in [9.17, 15) is 4.79 Å². The van der Waals surface area contributed by atoms with Crippen molar-refractivity contribution < 1.29 is 14.3 Å². The van der Waals surface area contributed by atoms with E-state index in [1.807, 2.05) is 66.7 Å². The van der Waals surface area contributed by atoms with Gasteiger partial charge in [-0.05, 0) is 53.9 Å². The Bertz CT molecular complexity index is 860. The summed E-state index contributed by atoms with van der Waals surface area (Å²) in [4.78, 5) is 12.3. The van der Waals surface area contributed by atoms with Crippen LogP contribution < -0.4 is 14.8 Å². The first-order valence-corrected chi connectivity index (χ1v) is 8.92. The monoisotopic (exact) mass is 361 g/mol. The molecule has 4 heteroatoms. The molecule has 0 radical (unpaired) electrons. The highest BCUT2D eigenvalue weighted by Crippen LogP contribution is 2.15. The third-order valence-corrected chi connectivity index (χ3v) is 4.20. The number of amides is 1. The molecule has 138 valence electrons. The van der Waals surface area contributed by atoms with Crippen molar-refractivity contribution in [3.8, 4) is 11.5 Å². The lowest BCUT2D eigenvalue weighted by Crippen LogP contribution is -2.25. The van der Waals surface area contributed by atoms with Crippen LogP contribution in [0.1, 0.15) is 21.5 Å². The molecule has 0 spiro atoms. The lowest BCUT2D eigenvalue weighted by Gasteiger charge is -2.09. The molecule has 0 fully saturated rings. The van der Waals surface area contributed by atoms with E-state index in [0.29, 0.717) is 18.7 Å². The minimum atomic E-state index is -0.0903. The Labute approximate surface area is 159 Å². The second kappa shape index (κ2) is 9.43. The van der Waals surface area contributed by atoms with Crippen LogP contribution in [0.4, 0.5) is 0 Å². The maximum absolute atomic E-state index is 12.3. The summed E-state index contributed by atoms with van der Waals surface area (Å²) in [5.74, 6) is 1.48. The van der Waals surface area contributed by atoms with Crippen LogP contribution in [0.2, 0.25) is 0 Å². The number of rotatable bonds is 8. The van der Waals surface area contributed by atoms with Gasteiger partial charge in [-0.1, -0.05) is 42.5 Å². The van der Waals surface area contributed by atoms with Gasteiger partial charge in [0.25, 0.3) is 5.91 Å². The molecule has 0 saturated carbocycles. The fourth-order valence-corrected chi connectivity index (χ4v) is 2.69. The molecule has 3 rings (SSSR count). The average Bonchev–Trinajstić information content (AvgIpc) is 2.73. The van der Waals surface area contributed by atoms with Crippen LogP contribution in [0.3, 0.4) is 0 Å². The second-order valence-corrected chi connectivity index (χ2v) is 6.16. The van der Waals surface area contributed by atoms with Crippen molar-refractivity contribution in [1.82, 2.24) is 5.32 Å². The molecular weight excluding hydrogens is 338 g/mol. The van der Waals surface area contributed by atoms with E-state index in [1.54, 1.807) is 19.2 Å². The molecule has 1 N–H and O–H groups in total. The van der Waals surface area contributed by atoms with Crippen LogP contribution in [0.15, 0.2) is 78.9 Å². The van der Waals surface area contributed by atoms with Crippen molar-refractivity contribution in [2.24, 2.45) is 0 Å². The van der Waals surface area contributed by atoms with Gasteiger partial charge in [-0.25, -0.2) is 0 Å². The standard InChI is InChI=1S/C23H23NO3/c1-26-22-9-5-8-18(16-22)14-15-24-23(25)20-10-12-21(13-11-20)27-17-19-6-3-2-4-7-19/h2-13,16H,14-15,17H2,1H3,(H,24,25). The molecular formula is C23H23NO3. The highest BCUT2D eigenvalue weighted by Gasteiger charge is 2.06. The van der Waals surface area contributed by atoms with Crippen LogP contribution in [-0.4, -0.2) is 19.6 Å². The van der Waals surface area contributed by atoms with Crippen molar-refractivity contribution in [2.75, 3.05) is 13.7 Å². The van der Waals surface area contributed by atoms with E-state index in [-0.39, 0.29) is 5.91 Å². The van der Waals surface area contributed by atoms with E-state index < -0.39 is 0 Å². The summed E-state index contributed by atoms with van der Waals surface area (Å²) in [6.07, 6.45) is 0.751. The lowest BCUT2D eigenvalue weighted by atomic mass is 10.1. The molecule has 0 unspecified atom stereocenters. The number of hydrogen-bond acceptors (Lipinski definition) is 3. The third-order valence-electron chi connectivity index (χ3n) is 4.20.